The van der Waals surface area contributed by atoms with E-state index in [0.29, 0.717) is 0 Å². The van der Waals surface area contributed by atoms with Crippen LogP contribution in [0.5, 0.6) is 11.5 Å². The molecule has 0 fully saturated rings. The Hall–Kier alpha value is -2.53. The van der Waals surface area contributed by atoms with Gasteiger partial charge >= 0.3 is 5.97 Å². The van der Waals surface area contributed by atoms with Crippen LogP contribution in [0.3, 0.4) is 0 Å². The van der Waals surface area contributed by atoms with Crippen molar-refractivity contribution in [1.29, 1.82) is 0 Å². The van der Waals surface area contributed by atoms with Crippen LogP contribution >= 0.6 is 0 Å². The third kappa shape index (κ3) is 8.13. The highest BCUT2D eigenvalue weighted by molar-refractivity contribution is 5.66. The number of benzene rings is 2. The predicted molar refractivity (Wildman–Crippen MR) is 106 cm³/mol. The zero-order chi connectivity index (χ0) is 20.3. The molecule has 5 nitrogen and oxygen atoms in total. The minimum Gasteiger partial charge on any atom is -0.508 e. The Morgan fingerprint density at radius 1 is 0.778 bits per heavy atom. The largest absolute Gasteiger partial charge is 0.508 e. The Labute approximate surface area is 160 Å². The van der Waals surface area contributed by atoms with Crippen LogP contribution in [0.1, 0.15) is 57.1 Å². The number of aliphatic carboxylic acids is 1. The fourth-order valence-corrected chi connectivity index (χ4v) is 2.66. The van der Waals surface area contributed by atoms with E-state index in [0.717, 1.165) is 36.8 Å². The Bertz CT molecular complexity index is 627. The first-order valence-electron chi connectivity index (χ1n) is 9.19. The summed E-state index contributed by atoms with van der Waals surface area (Å²) >= 11 is 0. The van der Waals surface area contributed by atoms with E-state index in [1.165, 1.54) is 0 Å². The molecule has 2 aromatic rings. The summed E-state index contributed by atoms with van der Waals surface area (Å²) in [7, 11) is 0. The number of aliphatic hydroxyl groups excluding tert-OH is 1. The van der Waals surface area contributed by atoms with Crippen LogP contribution in [0, 0.1) is 0 Å². The molecule has 2 aromatic carbocycles. The molecule has 0 saturated heterocycles. The third-order valence-electron chi connectivity index (χ3n) is 4.48. The van der Waals surface area contributed by atoms with Crippen molar-refractivity contribution in [3.8, 4) is 11.5 Å². The number of aliphatic hydroxyl groups is 1. The molecule has 0 bridgehead atoms. The summed E-state index contributed by atoms with van der Waals surface area (Å²) < 4.78 is 0. The van der Waals surface area contributed by atoms with Crippen LogP contribution in [0.25, 0.3) is 0 Å². The summed E-state index contributed by atoms with van der Waals surface area (Å²) in [4.78, 5) is 9.98. The molecular weight excluding hydrogens is 344 g/mol. The number of carbonyl (C=O) groups is 1. The van der Waals surface area contributed by atoms with Gasteiger partial charge in [0.2, 0.25) is 0 Å². The maximum atomic E-state index is 9.98. The molecule has 0 aliphatic heterocycles. The summed E-state index contributed by atoms with van der Waals surface area (Å²) in [6.45, 7) is 4.45. The number of carboxylic acid groups (broad SMARTS) is 1. The monoisotopic (exact) mass is 374 g/mol. The molecule has 0 spiro atoms. The van der Waals surface area contributed by atoms with E-state index in [2.05, 4.69) is 13.8 Å². The standard InChI is InChI=1S/C15H16O2.C7H14O3/c1-15(2,11-3-7-13(16)8-4-11)12-5-9-14(17)10-6-12;8-6-4-2-1-3-5-7(9)10/h3-10,16-17H,1-2H3;8H,1-6H2,(H,9,10). The van der Waals surface area contributed by atoms with Gasteiger partial charge in [0.25, 0.3) is 0 Å². The number of phenols is 2. The lowest BCUT2D eigenvalue weighted by molar-refractivity contribution is -0.137. The molecule has 0 unspecified atom stereocenters. The van der Waals surface area contributed by atoms with Crippen molar-refractivity contribution in [2.45, 2.75) is 51.4 Å². The molecule has 148 valence electrons. The highest BCUT2D eigenvalue weighted by Crippen LogP contribution is 2.32. The molecule has 0 aliphatic carbocycles. The van der Waals surface area contributed by atoms with Gasteiger partial charge in [0.15, 0.2) is 0 Å². The van der Waals surface area contributed by atoms with Gasteiger partial charge in [-0.3, -0.25) is 4.79 Å². The van der Waals surface area contributed by atoms with Gasteiger partial charge in [-0.25, -0.2) is 0 Å². The molecule has 2 rings (SSSR count). The van der Waals surface area contributed by atoms with Crippen molar-refractivity contribution in [2.75, 3.05) is 6.61 Å². The lowest BCUT2D eigenvalue weighted by atomic mass is 9.78. The average Bonchev–Trinajstić information content (AvgIpc) is 2.62. The van der Waals surface area contributed by atoms with Crippen LogP contribution in [-0.4, -0.2) is 33.0 Å². The van der Waals surface area contributed by atoms with Gasteiger partial charge in [0.05, 0.1) is 0 Å². The summed E-state index contributed by atoms with van der Waals surface area (Å²) in [6, 6.07) is 14.4. The molecule has 0 atom stereocenters. The fraction of sp³-hybridized carbons (Fsp3) is 0.409. The number of hydrogen-bond acceptors (Lipinski definition) is 4. The molecule has 0 amide bonds. The van der Waals surface area contributed by atoms with E-state index in [1.807, 2.05) is 24.3 Å². The Balaban J connectivity index is 0.000000314. The van der Waals surface area contributed by atoms with Crippen LogP contribution in [-0.2, 0) is 10.2 Å². The molecule has 0 heterocycles. The van der Waals surface area contributed by atoms with E-state index < -0.39 is 5.97 Å². The van der Waals surface area contributed by atoms with Crippen molar-refractivity contribution >= 4 is 5.97 Å². The first kappa shape index (κ1) is 22.5. The molecule has 0 radical (unpaired) electrons. The lowest BCUT2D eigenvalue weighted by Crippen LogP contribution is -2.18. The number of carboxylic acids is 1. The Morgan fingerprint density at radius 2 is 1.19 bits per heavy atom. The van der Waals surface area contributed by atoms with Crippen LogP contribution in [0.15, 0.2) is 48.5 Å². The zero-order valence-electron chi connectivity index (χ0n) is 16.1. The second-order valence-corrected chi connectivity index (χ2v) is 7.00. The van der Waals surface area contributed by atoms with Gasteiger partial charge in [-0.2, -0.15) is 0 Å². The molecule has 0 saturated carbocycles. The SMILES string of the molecule is CC(C)(c1ccc(O)cc1)c1ccc(O)cc1.O=C(O)CCCCCCO. The van der Waals surface area contributed by atoms with Crippen LogP contribution < -0.4 is 0 Å². The summed E-state index contributed by atoms with van der Waals surface area (Å²) in [5.41, 5.74) is 2.10. The number of aromatic hydroxyl groups is 2. The molecule has 4 N–H and O–H groups in total. The van der Waals surface area contributed by atoms with Crippen molar-refractivity contribution in [2.24, 2.45) is 0 Å². The minimum atomic E-state index is -0.732. The highest BCUT2D eigenvalue weighted by Gasteiger charge is 2.22. The smallest absolute Gasteiger partial charge is 0.303 e. The summed E-state index contributed by atoms with van der Waals surface area (Å²) in [5.74, 6) is -0.186. The molecule has 5 heteroatoms. The first-order valence-corrected chi connectivity index (χ1v) is 9.19. The average molecular weight is 374 g/mol. The predicted octanol–water partition coefficient (Wildman–Crippen LogP) is 4.44. The number of hydrogen-bond donors (Lipinski definition) is 4. The second-order valence-electron chi connectivity index (χ2n) is 7.00. The lowest BCUT2D eigenvalue weighted by Gasteiger charge is -2.26. The van der Waals surface area contributed by atoms with E-state index >= 15 is 0 Å². The number of rotatable bonds is 8. The van der Waals surface area contributed by atoms with Crippen molar-refractivity contribution in [1.82, 2.24) is 0 Å². The first-order chi connectivity index (χ1) is 12.8. The normalized spacial score (nSPS) is 10.8. The Kier molecular flexibility index (Phi) is 9.37. The van der Waals surface area contributed by atoms with Crippen LogP contribution in [0.2, 0.25) is 0 Å². The maximum Gasteiger partial charge on any atom is 0.303 e. The second kappa shape index (κ2) is 11.2. The molecule has 27 heavy (non-hydrogen) atoms. The van der Waals surface area contributed by atoms with Crippen LogP contribution in [0.4, 0.5) is 0 Å². The van der Waals surface area contributed by atoms with Gasteiger partial charge in [-0.05, 0) is 48.2 Å². The quantitative estimate of drug-likeness (QED) is 0.512. The molecule has 0 aliphatic rings. The highest BCUT2D eigenvalue weighted by atomic mass is 16.4. The minimum absolute atomic E-state index is 0.151. The maximum absolute atomic E-state index is 9.98. The molecular formula is C22H30O5. The number of phenolic OH excluding ortho intramolecular Hbond substituents is 2. The van der Waals surface area contributed by atoms with Gasteiger partial charge in [0, 0.05) is 18.4 Å². The van der Waals surface area contributed by atoms with E-state index in [1.54, 1.807) is 24.3 Å². The van der Waals surface area contributed by atoms with Gasteiger partial charge in [0.1, 0.15) is 11.5 Å². The Morgan fingerprint density at radius 3 is 1.56 bits per heavy atom. The topological polar surface area (TPSA) is 98.0 Å². The van der Waals surface area contributed by atoms with Gasteiger partial charge < -0.3 is 20.4 Å². The summed E-state index contributed by atoms with van der Waals surface area (Å²) in [5, 5.41) is 35.2. The fourth-order valence-electron chi connectivity index (χ4n) is 2.66. The van der Waals surface area contributed by atoms with Gasteiger partial charge in [-0.1, -0.05) is 51.0 Å². The van der Waals surface area contributed by atoms with E-state index in [4.69, 9.17) is 10.2 Å². The summed E-state index contributed by atoms with van der Waals surface area (Å²) in [6.07, 6.45) is 3.62. The van der Waals surface area contributed by atoms with Crippen molar-refractivity contribution in [3.05, 3.63) is 59.7 Å². The molecule has 0 aromatic heterocycles. The van der Waals surface area contributed by atoms with E-state index in [9.17, 15) is 15.0 Å². The van der Waals surface area contributed by atoms with Gasteiger partial charge in [-0.15, -0.1) is 0 Å². The number of unbranched alkanes of at least 4 members (excludes halogenated alkanes) is 3. The van der Waals surface area contributed by atoms with Crippen molar-refractivity contribution < 1.29 is 25.2 Å². The van der Waals surface area contributed by atoms with Crippen molar-refractivity contribution in [3.63, 3.8) is 0 Å². The zero-order valence-corrected chi connectivity index (χ0v) is 16.1. The van der Waals surface area contributed by atoms with E-state index in [-0.39, 0.29) is 29.9 Å². The third-order valence-corrected chi connectivity index (χ3v) is 4.48.